The number of benzene rings is 1. The molecule has 1 aromatic heterocycles. The van der Waals surface area contributed by atoms with Crippen LogP contribution in [0, 0.1) is 0 Å². The number of alkyl halides is 3. The molecule has 1 aromatic carbocycles. The number of hydrogen-bond acceptors (Lipinski definition) is 5. The molecule has 23 heavy (non-hydrogen) atoms. The summed E-state index contributed by atoms with van der Waals surface area (Å²) in [6.07, 6.45) is 3.84. The molecule has 3 heterocycles. The molecular formula is C14H8F3NO4S. The van der Waals surface area contributed by atoms with Crippen molar-refractivity contribution in [3.8, 4) is 5.75 Å². The Hall–Kier alpha value is -2.13. The topological polar surface area (TPSA) is 65.5 Å². The average Bonchev–Trinajstić information content (AvgIpc) is 3.07. The second-order valence-electron chi connectivity index (χ2n) is 5.12. The molecule has 0 saturated heterocycles. The Bertz CT molecular complexity index is 952. The lowest BCUT2D eigenvalue weighted by molar-refractivity contribution is -0.0500. The second kappa shape index (κ2) is 4.45. The minimum absolute atomic E-state index is 0.275. The van der Waals surface area contributed by atoms with Crippen molar-refractivity contribution in [1.29, 1.82) is 0 Å². The zero-order valence-corrected chi connectivity index (χ0v) is 12.1. The quantitative estimate of drug-likeness (QED) is 0.476. The summed E-state index contributed by atoms with van der Waals surface area (Å²) >= 11 is 0. The highest BCUT2D eigenvalue weighted by Gasteiger charge is 2.50. The van der Waals surface area contributed by atoms with E-state index in [0.29, 0.717) is 16.5 Å². The largest absolute Gasteiger partial charge is 0.534 e. The van der Waals surface area contributed by atoms with Gasteiger partial charge in [0.1, 0.15) is 18.0 Å². The number of ether oxygens (including phenoxy) is 1. The van der Waals surface area contributed by atoms with E-state index in [-0.39, 0.29) is 11.3 Å². The van der Waals surface area contributed by atoms with Gasteiger partial charge in [-0.15, -0.1) is 0 Å². The van der Waals surface area contributed by atoms with Gasteiger partial charge in [-0.25, -0.2) is 0 Å². The summed E-state index contributed by atoms with van der Waals surface area (Å²) in [6, 6.07) is 4.45. The molecule has 2 aromatic rings. The van der Waals surface area contributed by atoms with Crippen LogP contribution in [-0.2, 0) is 14.9 Å². The normalized spacial score (nSPS) is 22.6. The lowest BCUT2D eigenvalue weighted by Gasteiger charge is -2.16. The lowest BCUT2D eigenvalue weighted by atomic mass is 9.93. The maximum atomic E-state index is 12.6. The SMILES string of the molecule is O=S(=O)(Oc1cc2cccnc2c2c1C1C=CC2O1)C(F)(F)F. The molecule has 0 saturated carbocycles. The van der Waals surface area contributed by atoms with Crippen LogP contribution in [-0.4, -0.2) is 18.9 Å². The van der Waals surface area contributed by atoms with Crippen molar-refractivity contribution >= 4 is 21.0 Å². The van der Waals surface area contributed by atoms with Crippen LogP contribution in [0.4, 0.5) is 13.2 Å². The number of halogens is 3. The number of nitrogens with zero attached hydrogens (tertiary/aromatic N) is 1. The molecule has 4 rings (SSSR count). The predicted octanol–water partition coefficient (Wildman–Crippen LogP) is 3.15. The number of hydrogen-bond donors (Lipinski definition) is 0. The van der Waals surface area contributed by atoms with Crippen LogP contribution < -0.4 is 4.18 Å². The van der Waals surface area contributed by atoms with E-state index in [1.54, 1.807) is 30.5 Å². The molecular weight excluding hydrogens is 335 g/mol. The van der Waals surface area contributed by atoms with Crippen LogP contribution in [0.25, 0.3) is 10.9 Å². The van der Waals surface area contributed by atoms with Crippen molar-refractivity contribution in [3.63, 3.8) is 0 Å². The fourth-order valence-corrected chi connectivity index (χ4v) is 3.30. The van der Waals surface area contributed by atoms with Gasteiger partial charge >= 0.3 is 15.6 Å². The predicted molar refractivity (Wildman–Crippen MR) is 73.1 cm³/mol. The fraction of sp³-hybridized carbons (Fsp3) is 0.214. The molecule has 0 N–H and O–H groups in total. The molecule has 9 heteroatoms. The van der Waals surface area contributed by atoms with E-state index in [1.807, 2.05) is 0 Å². The van der Waals surface area contributed by atoms with E-state index in [0.717, 1.165) is 0 Å². The summed E-state index contributed by atoms with van der Waals surface area (Å²) in [6.45, 7) is 0. The molecule has 0 radical (unpaired) electrons. The van der Waals surface area contributed by atoms with Gasteiger partial charge in [0.05, 0.1) is 5.52 Å². The third-order valence-corrected chi connectivity index (χ3v) is 4.71. The molecule has 2 bridgehead atoms. The van der Waals surface area contributed by atoms with Gasteiger partial charge in [0.25, 0.3) is 0 Å². The van der Waals surface area contributed by atoms with Crippen molar-refractivity contribution < 1.29 is 30.5 Å². The molecule has 5 nitrogen and oxygen atoms in total. The highest BCUT2D eigenvalue weighted by atomic mass is 32.2. The maximum Gasteiger partial charge on any atom is 0.534 e. The molecule has 0 aliphatic carbocycles. The Kier molecular flexibility index (Phi) is 2.80. The number of aromatic nitrogens is 1. The van der Waals surface area contributed by atoms with Crippen LogP contribution >= 0.6 is 0 Å². The van der Waals surface area contributed by atoms with E-state index in [1.165, 1.54) is 6.07 Å². The van der Waals surface area contributed by atoms with Crippen molar-refractivity contribution in [2.45, 2.75) is 17.7 Å². The summed E-state index contributed by atoms with van der Waals surface area (Å²) in [5.41, 5.74) is -4.13. The zero-order chi connectivity index (χ0) is 16.4. The summed E-state index contributed by atoms with van der Waals surface area (Å²) in [5, 5.41) is 0.475. The van der Waals surface area contributed by atoms with Gasteiger partial charge in [-0.05, 0) is 12.1 Å². The van der Waals surface area contributed by atoms with Crippen molar-refractivity contribution in [2.24, 2.45) is 0 Å². The van der Waals surface area contributed by atoms with Crippen molar-refractivity contribution in [2.75, 3.05) is 0 Å². The number of rotatable bonds is 2. The Morgan fingerprint density at radius 1 is 1.17 bits per heavy atom. The first-order valence-corrected chi connectivity index (χ1v) is 7.95. The molecule has 2 aliphatic heterocycles. The number of fused-ring (bicyclic) bond motifs is 7. The minimum Gasteiger partial charge on any atom is -0.376 e. The average molecular weight is 343 g/mol. The van der Waals surface area contributed by atoms with Crippen molar-refractivity contribution in [1.82, 2.24) is 4.98 Å². The van der Waals surface area contributed by atoms with Crippen molar-refractivity contribution in [3.05, 3.63) is 47.7 Å². The monoisotopic (exact) mass is 343 g/mol. The Labute approximate surface area is 128 Å². The van der Waals surface area contributed by atoms with Crippen LogP contribution in [0.1, 0.15) is 23.3 Å². The van der Waals surface area contributed by atoms with Gasteiger partial charge in [-0.3, -0.25) is 4.98 Å². The van der Waals surface area contributed by atoms with Gasteiger partial charge in [0, 0.05) is 22.7 Å². The number of pyridine rings is 1. The molecule has 2 aliphatic rings. The zero-order valence-electron chi connectivity index (χ0n) is 11.2. The van der Waals surface area contributed by atoms with Crippen LogP contribution in [0.15, 0.2) is 36.5 Å². The summed E-state index contributed by atoms with van der Waals surface area (Å²) < 4.78 is 70.5. The van der Waals surface area contributed by atoms with Gasteiger partial charge in [-0.2, -0.15) is 21.6 Å². The van der Waals surface area contributed by atoms with Crippen LogP contribution in [0.5, 0.6) is 5.75 Å². The highest BCUT2D eigenvalue weighted by Crippen LogP contribution is 2.52. The van der Waals surface area contributed by atoms with E-state index < -0.39 is 27.8 Å². The van der Waals surface area contributed by atoms with Crippen LogP contribution in [0.3, 0.4) is 0 Å². The first-order chi connectivity index (χ1) is 10.8. The summed E-state index contributed by atoms with van der Waals surface area (Å²) in [4.78, 5) is 4.22. The van der Waals surface area contributed by atoms with E-state index in [4.69, 9.17) is 4.74 Å². The summed E-state index contributed by atoms with van der Waals surface area (Å²) in [7, 11) is -5.76. The molecule has 2 unspecified atom stereocenters. The van der Waals surface area contributed by atoms with Gasteiger partial charge in [0.2, 0.25) is 0 Å². The smallest absolute Gasteiger partial charge is 0.376 e. The fourth-order valence-electron chi connectivity index (χ4n) is 2.83. The maximum absolute atomic E-state index is 12.6. The molecule has 0 amide bonds. The summed E-state index contributed by atoms with van der Waals surface area (Å²) in [5.74, 6) is -0.380. The van der Waals surface area contributed by atoms with Gasteiger partial charge in [0.15, 0.2) is 0 Å². The molecule has 0 fully saturated rings. The third-order valence-electron chi connectivity index (χ3n) is 3.74. The first kappa shape index (κ1) is 14.5. The molecule has 2 atom stereocenters. The highest BCUT2D eigenvalue weighted by molar-refractivity contribution is 7.88. The minimum atomic E-state index is -5.76. The van der Waals surface area contributed by atoms with E-state index in [2.05, 4.69) is 9.17 Å². The Balaban J connectivity index is 1.95. The van der Waals surface area contributed by atoms with Gasteiger partial charge < -0.3 is 8.92 Å². The van der Waals surface area contributed by atoms with E-state index in [9.17, 15) is 21.6 Å². The van der Waals surface area contributed by atoms with Gasteiger partial charge in [-0.1, -0.05) is 18.2 Å². The Morgan fingerprint density at radius 2 is 1.87 bits per heavy atom. The molecule has 0 spiro atoms. The van der Waals surface area contributed by atoms with E-state index >= 15 is 0 Å². The van der Waals surface area contributed by atoms with Crippen LogP contribution in [0.2, 0.25) is 0 Å². The first-order valence-electron chi connectivity index (χ1n) is 6.54. The lowest BCUT2D eigenvalue weighted by Crippen LogP contribution is -2.28. The second-order valence-corrected chi connectivity index (χ2v) is 6.66. The standard InChI is InChI=1S/C14H8F3NO4S/c15-14(16,17)23(19,20)22-10-6-7-2-1-5-18-13(7)12-9-4-3-8(21-9)11(10)12/h1-6,8-9H. The third kappa shape index (κ3) is 2.03. The molecule has 120 valence electrons. The Morgan fingerprint density at radius 3 is 2.57 bits per heavy atom.